The van der Waals surface area contributed by atoms with E-state index in [-0.39, 0.29) is 5.91 Å². The highest BCUT2D eigenvalue weighted by atomic mass is 32.1. The third-order valence-corrected chi connectivity index (χ3v) is 5.29. The van der Waals surface area contributed by atoms with Gasteiger partial charge in [0.25, 0.3) is 0 Å². The van der Waals surface area contributed by atoms with Crippen LogP contribution < -0.4 is 5.32 Å². The van der Waals surface area contributed by atoms with Gasteiger partial charge in [0, 0.05) is 28.7 Å². The van der Waals surface area contributed by atoms with Crippen molar-refractivity contribution in [1.82, 2.24) is 20.0 Å². The third-order valence-electron chi connectivity index (χ3n) is 4.26. The zero-order valence-electron chi connectivity index (χ0n) is 15.9. The van der Waals surface area contributed by atoms with Crippen molar-refractivity contribution in [3.63, 3.8) is 0 Å². The van der Waals surface area contributed by atoms with Crippen LogP contribution in [0.2, 0.25) is 0 Å². The lowest BCUT2D eigenvalue weighted by Gasteiger charge is -2.08. The first-order chi connectivity index (χ1) is 12.3. The summed E-state index contributed by atoms with van der Waals surface area (Å²) in [6.07, 6.45) is 0.302. The van der Waals surface area contributed by atoms with Crippen LogP contribution in [-0.4, -0.2) is 25.9 Å². The molecule has 26 heavy (non-hydrogen) atoms. The summed E-state index contributed by atoms with van der Waals surface area (Å²) in [4.78, 5) is 14.8. The van der Waals surface area contributed by atoms with Crippen LogP contribution in [0.15, 0.2) is 18.2 Å². The summed E-state index contributed by atoms with van der Waals surface area (Å²) in [6.45, 7) is 11.2. The van der Waals surface area contributed by atoms with E-state index in [0.29, 0.717) is 18.2 Å². The molecule has 3 heterocycles. The molecule has 0 aliphatic heterocycles. The second-order valence-electron chi connectivity index (χ2n) is 7.03. The Bertz CT molecular complexity index is 918. The highest BCUT2D eigenvalue weighted by Gasteiger charge is 2.16. The monoisotopic (exact) mass is 371 g/mol. The first-order valence-corrected chi connectivity index (χ1v) is 9.60. The summed E-state index contributed by atoms with van der Waals surface area (Å²) in [5.74, 6) is 0.972. The number of aromatic nitrogens is 4. The SMILES string of the molecule is Cc1ccc(-c2cc(NC(=O)Cc3c(C)nn(CC(C)C)c3C)n[nH]2)s1. The summed E-state index contributed by atoms with van der Waals surface area (Å²) in [7, 11) is 0. The van der Waals surface area contributed by atoms with Crippen molar-refractivity contribution in [2.24, 2.45) is 5.92 Å². The van der Waals surface area contributed by atoms with E-state index in [9.17, 15) is 4.79 Å². The molecule has 1 amide bonds. The maximum atomic E-state index is 12.5. The lowest BCUT2D eigenvalue weighted by Crippen LogP contribution is -2.16. The molecule has 2 N–H and O–H groups in total. The number of aryl methyl sites for hydroxylation is 2. The lowest BCUT2D eigenvalue weighted by molar-refractivity contribution is -0.115. The summed E-state index contributed by atoms with van der Waals surface area (Å²) in [5, 5.41) is 14.6. The fourth-order valence-corrected chi connectivity index (χ4v) is 3.79. The van der Waals surface area contributed by atoms with Gasteiger partial charge >= 0.3 is 0 Å². The van der Waals surface area contributed by atoms with E-state index in [1.165, 1.54) is 4.88 Å². The van der Waals surface area contributed by atoms with Crippen LogP contribution in [0.25, 0.3) is 10.6 Å². The van der Waals surface area contributed by atoms with E-state index in [2.05, 4.69) is 53.5 Å². The third kappa shape index (κ3) is 4.04. The molecule has 0 spiro atoms. The van der Waals surface area contributed by atoms with Crippen molar-refractivity contribution in [3.05, 3.63) is 40.0 Å². The Labute approximate surface area is 157 Å². The normalized spacial score (nSPS) is 11.3. The maximum Gasteiger partial charge on any atom is 0.230 e. The number of nitrogens with zero attached hydrogens (tertiary/aromatic N) is 3. The molecule has 3 aromatic heterocycles. The second kappa shape index (κ2) is 7.45. The highest BCUT2D eigenvalue weighted by Crippen LogP contribution is 2.27. The molecular weight excluding hydrogens is 346 g/mol. The molecular formula is C19H25N5OS. The van der Waals surface area contributed by atoms with Gasteiger partial charge in [-0.15, -0.1) is 11.3 Å². The number of carbonyl (C=O) groups is 1. The van der Waals surface area contributed by atoms with Gasteiger partial charge in [-0.1, -0.05) is 13.8 Å². The van der Waals surface area contributed by atoms with E-state index in [0.717, 1.165) is 34.1 Å². The van der Waals surface area contributed by atoms with Crippen molar-refractivity contribution < 1.29 is 4.79 Å². The van der Waals surface area contributed by atoms with Crippen molar-refractivity contribution >= 4 is 23.1 Å². The molecule has 0 aliphatic carbocycles. The van der Waals surface area contributed by atoms with Gasteiger partial charge in [-0.25, -0.2) is 0 Å². The number of hydrogen-bond donors (Lipinski definition) is 2. The molecule has 6 nitrogen and oxygen atoms in total. The predicted octanol–water partition coefficient (Wildman–Crippen LogP) is 4.10. The topological polar surface area (TPSA) is 75.6 Å². The molecule has 3 aromatic rings. The van der Waals surface area contributed by atoms with Crippen molar-refractivity contribution in [2.45, 2.75) is 47.6 Å². The predicted molar refractivity (Wildman–Crippen MR) is 106 cm³/mol. The van der Waals surface area contributed by atoms with Crippen LogP contribution in [-0.2, 0) is 17.8 Å². The number of aromatic amines is 1. The number of H-pyrrole nitrogens is 1. The number of rotatable bonds is 6. The van der Waals surface area contributed by atoms with Gasteiger partial charge in [0.05, 0.1) is 22.7 Å². The Morgan fingerprint density at radius 3 is 2.73 bits per heavy atom. The van der Waals surface area contributed by atoms with Crippen LogP contribution in [0.1, 0.15) is 35.7 Å². The van der Waals surface area contributed by atoms with Crippen LogP contribution in [0, 0.1) is 26.7 Å². The summed E-state index contributed by atoms with van der Waals surface area (Å²) < 4.78 is 1.99. The van der Waals surface area contributed by atoms with E-state index in [1.54, 1.807) is 11.3 Å². The molecule has 0 saturated carbocycles. The Balaban J connectivity index is 1.68. The molecule has 7 heteroatoms. The molecule has 0 unspecified atom stereocenters. The van der Waals surface area contributed by atoms with Gasteiger partial charge < -0.3 is 5.32 Å². The maximum absolute atomic E-state index is 12.5. The Hall–Kier alpha value is -2.41. The minimum absolute atomic E-state index is 0.0827. The zero-order valence-corrected chi connectivity index (χ0v) is 16.7. The van der Waals surface area contributed by atoms with Crippen LogP contribution >= 0.6 is 11.3 Å². The quantitative estimate of drug-likeness (QED) is 0.685. The lowest BCUT2D eigenvalue weighted by atomic mass is 10.1. The Morgan fingerprint density at radius 2 is 2.08 bits per heavy atom. The van der Waals surface area contributed by atoms with Gasteiger partial charge in [0.15, 0.2) is 5.82 Å². The Morgan fingerprint density at radius 1 is 1.31 bits per heavy atom. The van der Waals surface area contributed by atoms with Crippen LogP contribution in [0.5, 0.6) is 0 Å². The molecule has 3 rings (SSSR count). The van der Waals surface area contributed by atoms with Crippen molar-refractivity contribution in [1.29, 1.82) is 0 Å². The summed E-state index contributed by atoms with van der Waals surface area (Å²) >= 11 is 1.69. The van der Waals surface area contributed by atoms with E-state index < -0.39 is 0 Å². The van der Waals surface area contributed by atoms with E-state index in [1.807, 2.05) is 24.6 Å². The van der Waals surface area contributed by atoms with Gasteiger partial charge in [-0.3, -0.25) is 14.6 Å². The fraction of sp³-hybridized carbons (Fsp3) is 0.421. The number of amides is 1. The standard InChI is InChI=1S/C19H25N5OS/c1-11(2)10-24-14(5)15(13(4)23-24)8-19(25)20-18-9-16(21-22-18)17-7-6-12(3)26-17/h6-7,9,11H,8,10H2,1-5H3,(H2,20,21,22,25). The number of thiophene rings is 1. The Kier molecular flexibility index (Phi) is 5.27. The molecule has 0 atom stereocenters. The minimum Gasteiger partial charge on any atom is -0.309 e. The first-order valence-electron chi connectivity index (χ1n) is 8.78. The average molecular weight is 372 g/mol. The largest absolute Gasteiger partial charge is 0.309 e. The van der Waals surface area contributed by atoms with Crippen LogP contribution in [0.3, 0.4) is 0 Å². The first kappa shape index (κ1) is 18.4. The number of carbonyl (C=O) groups excluding carboxylic acids is 1. The zero-order chi connectivity index (χ0) is 18.8. The number of nitrogens with one attached hydrogen (secondary N) is 2. The van der Waals surface area contributed by atoms with Gasteiger partial charge in [0.1, 0.15) is 0 Å². The van der Waals surface area contributed by atoms with E-state index in [4.69, 9.17) is 0 Å². The van der Waals surface area contributed by atoms with E-state index >= 15 is 0 Å². The molecule has 0 bridgehead atoms. The average Bonchev–Trinajstić information content (AvgIpc) is 3.24. The fourth-order valence-electron chi connectivity index (χ4n) is 2.95. The summed E-state index contributed by atoms with van der Waals surface area (Å²) in [6, 6.07) is 5.99. The van der Waals surface area contributed by atoms with Gasteiger partial charge in [-0.2, -0.15) is 10.2 Å². The molecule has 0 aliphatic rings. The second-order valence-corrected chi connectivity index (χ2v) is 8.32. The van der Waals surface area contributed by atoms with Gasteiger partial charge in [0.2, 0.25) is 5.91 Å². The van der Waals surface area contributed by atoms with Crippen molar-refractivity contribution in [3.8, 4) is 10.6 Å². The van der Waals surface area contributed by atoms with Crippen molar-refractivity contribution in [2.75, 3.05) is 5.32 Å². The molecule has 0 fully saturated rings. The summed E-state index contributed by atoms with van der Waals surface area (Å²) in [5.41, 5.74) is 3.88. The molecule has 0 radical (unpaired) electrons. The van der Waals surface area contributed by atoms with Crippen LogP contribution in [0.4, 0.5) is 5.82 Å². The smallest absolute Gasteiger partial charge is 0.230 e. The molecule has 0 saturated heterocycles. The van der Waals surface area contributed by atoms with Gasteiger partial charge in [-0.05, 0) is 38.8 Å². The highest BCUT2D eigenvalue weighted by molar-refractivity contribution is 7.15. The molecule has 0 aromatic carbocycles. The number of anilines is 1. The number of hydrogen-bond acceptors (Lipinski definition) is 4. The molecule has 138 valence electrons. The minimum atomic E-state index is -0.0827.